The molecule has 21 heavy (non-hydrogen) atoms. The summed E-state index contributed by atoms with van der Waals surface area (Å²) >= 11 is 4.29. The predicted octanol–water partition coefficient (Wildman–Crippen LogP) is 6.34. The minimum atomic E-state index is -4.02. The molecule has 0 N–H and O–H groups in total. The molecule has 0 aromatic heterocycles. The second-order valence-electron chi connectivity index (χ2n) is 5.36. The van der Waals surface area contributed by atoms with Gasteiger partial charge in [0.05, 0.1) is 0 Å². The van der Waals surface area contributed by atoms with Crippen LogP contribution in [0.5, 0.6) is 0 Å². The van der Waals surface area contributed by atoms with E-state index in [2.05, 4.69) is 12.6 Å². The van der Waals surface area contributed by atoms with Crippen LogP contribution in [0.1, 0.15) is 56.9 Å². The third-order valence-electron chi connectivity index (χ3n) is 3.45. The summed E-state index contributed by atoms with van der Waals surface area (Å²) in [6, 6.07) is 4.57. The molecule has 0 radical (unpaired) electrons. The van der Waals surface area contributed by atoms with Crippen molar-refractivity contribution in [3.63, 3.8) is 0 Å². The van der Waals surface area contributed by atoms with E-state index >= 15 is 0 Å². The molecule has 120 valence electrons. The number of halogens is 4. The minimum absolute atomic E-state index is 0.232. The van der Waals surface area contributed by atoms with Crippen LogP contribution in [-0.4, -0.2) is 6.18 Å². The van der Waals surface area contributed by atoms with Gasteiger partial charge < -0.3 is 0 Å². The molecule has 5 heteroatoms. The Morgan fingerprint density at radius 1 is 0.857 bits per heavy atom. The number of unbranched alkanes of at least 4 members (excludes halogenated alkanes) is 6. The van der Waals surface area contributed by atoms with Crippen LogP contribution < -0.4 is 0 Å². The van der Waals surface area contributed by atoms with Crippen molar-refractivity contribution in [1.82, 2.24) is 0 Å². The topological polar surface area (TPSA) is 0 Å². The smallest absolute Gasteiger partial charge is 0.207 e. The summed E-state index contributed by atoms with van der Waals surface area (Å²) < 4.78 is 48.8. The van der Waals surface area contributed by atoms with Crippen LogP contribution in [0.15, 0.2) is 23.1 Å². The highest BCUT2D eigenvalue weighted by molar-refractivity contribution is 7.80. The zero-order chi connectivity index (χ0) is 15.7. The van der Waals surface area contributed by atoms with E-state index in [9.17, 15) is 17.6 Å². The summed E-state index contributed by atoms with van der Waals surface area (Å²) in [4.78, 5) is 0.809. The molecule has 0 saturated heterocycles. The lowest BCUT2D eigenvalue weighted by atomic mass is 10.0. The van der Waals surface area contributed by atoms with Crippen molar-refractivity contribution in [2.75, 3.05) is 0 Å². The second-order valence-corrected chi connectivity index (χ2v) is 5.84. The molecule has 0 aliphatic rings. The molecule has 0 nitrogen and oxygen atoms in total. The standard InChI is InChI=1S/C16H22F4S/c17-14-9-10-15(21)13(12-14)8-6-4-2-1-3-5-7-11-16(18,19)20/h9-10,12,21H,1-8,11H2. The fourth-order valence-electron chi connectivity index (χ4n) is 2.28. The molecule has 0 amide bonds. The number of thiol groups is 1. The summed E-state index contributed by atoms with van der Waals surface area (Å²) in [7, 11) is 0. The minimum Gasteiger partial charge on any atom is -0.207 e. The highest BCUT2D eigenvalue weighted by Gasteiger charge is 2.25. The van der Waals surface area contributed by atoms with Gasteiger partial charge in [0.1, 0.15) is 5.82 Å². The first kappa shape index (κ1) is 18.3. The van der Waals surface area contributed by atoms with Crippen molar-refractivity contribution in [2.24, 2.45) is 0 Å². The lowest BCUT2D eigenvalue weighted by Gasteiger charge is -2.06. The van der Waals surface area contributed by atoms with Gasteiger partial charge in [0, 0.05) is 11.3 Å². The maximum absolute atomic E-state index is 13.1. The van der Waals surface area contributed by atoms with Gasteiger partial charge in [-0.2, -0.15) is 13.2 Å². The van der Waals surface area contributed by atoms with Crippen LogP contribution in [0.4, 0.5) is 17.6 Å². The second kappa shape index (κ2) is 9.34. The maximum atomic E-state index is 13.1. The molecule has 0 fully saturated rings. The van der Waals surface area contributed by atoms with Crippen LogP contribution in [0, 0.1) is 5.82 Å². The zero-order valence-electron chi connectivity index (χ0n) is 12.1. The van der Waals surface area contributed by atoms with Gasteiger partial charge >= 0.3 is 6.18 Å². The van der Waals surface area contributed by atoms with E-state index in [1.54, 1.807) is 6.07 Å². The molecule has 0 spiro atoms. The molecule has 0 aliphatic heterocycles. The van der Waals surface area contributed by atoms with Gasteiger partial charge in [-0.05, 0) is 43.0 Å². The first-order valence-electron chi connectivity index (χ1n) is 7.42. The van der Waals surface area contributed by atoms with Crippen molar-refractivity contribution in [2.45, 2.75) is 68.9 Å². The molecule has 0 unspecified atom stereocenters. The van der Waals surface area contributed by atoms with Crippen LogP contribution in [0.3, 0.4) is 0 Å². The Bertz CT molecular complexity index is 415. The van der Waals surface area contributed by atoms with Crippen LogP contribution >= 0.6 is 12.6 Å². The van der Waals surface area contributed by atoms with Gasteiger partial charge in [-0.25, -0.2) is 4.39 Å². The van der Waals surface area contributed by atoms with Gasteiger partial charge in [-0.1, -0.05) is 32.1 Å². The highest BCUT2D eigenvalue weighted by atomic mass is 32.1. The zero-order valence-corrected chi connectivity index (χ0v) is 12.9. The average molecular weight is 322 g/mol. The van der Waals surface area contributed by atoms with Gasteiger partial charge in [-0.3, -0.25) is 0 Å². The Balaban J connectivity index is 2.01. The average Bonchev–Trinajstić information content (AvgIpc) is 2.39. The number of hydrogen-bond donors (Lipinski definition) is 1. The molecule has 0 aliphatic carbocycles. The molecule has 0 heterocycles. The van der Waals surface area contributed by atoms with Gasteiger partial charge in [0.15, 0.2) is 0 Å². The van der Waals surface area contributed by atoms with E-state index in [0.717, 1.165) is 49.0 Å². The van der Waals surface area contributed by atoms with Crippen molar-refractivity contribution >= 4 is 12.6 Å². The van der Waals surface area contributed by atoms with Gasteiger partial charge in [-0.15, -0.1) is 12.6 Å². The summed E-state index contributed by atoms with van der Waals surface area (Å²) in [5, 5.41) is 0. The monoisotopic (exact) mass is 322 g/mol. The van der Waals surface area contributed by atoms with E-state index in [1.807, 2.05) is 0 Å². The first-order valence-corrected chi connectivity index (χ1v) is 7.87. The van der Waals surface area contributed by atoms with Gasteiger partial charge in [0.25, 0.3) is 0 Å². The molecular formula is C16H22F4S. The molecule has 0 atom stereocenters. The molecule has 0 bridgehead atoms. The summed E-state index contributed by atoms with van der Waals surface area (Å²) in [5.74, 6) is -0.243. The number of alkyl halides is 3. The van der Waals surface area contributed by atoms with Crippen molar-refractivity contribution in [1.29, 1.82) is 0 Å². The van der Waals surface area contributed by atoms with E-state index in [-0.39, 0.29) is 12.2 Å². The number of rotatable bonds is 9. The first-order chi connectivity index (χ1) is 9.88. The number of aryl methyl sites for hydroxylation is 1. The Morgan fingerprint density at radius 3 is 2.05 bits per heavy atom. The fourth-order valence-corrected chi connectivity index (χ4v) is 2.53. The van der Waals surface area contributed by atoms with Gasteiger partial charge in [0.2, 0.25) is 0 Å². The third-order valence-corrected chi connectivity index (χ3v) is 3.88. The molecule has 1 aromatic rings. The Morgan fingerprint density at radius 2 is 1.43 bits per heavy atom. The highest BCUT2D eigenvalue weighted by Crippen LogP contribution is 2.23. The largest absolute Gasteiger partial charge is 0.389 e. The van der Waals surface area contributed by atoms with Crippen molar-refractivity contribution < 1.29 is 17.6 Å². The summed E-state index contributed by atoms with van der Waals surface area (Å²) in [5.41, 5.74) is 0.920. The lowest BCUT2D eigenvalue weighted by molar-refractivity contribution is -0.135. The Kier molecular flexibility index (Phi) is 8.15. The Hall–Kier alpha value is -0.710. The molecule has 1 aromatic carbocycles. The van der Waals surface area contributed by atoms with E-state index < -0.39 is 12.6 Å². The van der Waals surface area contributed by atoms with Crippen LogP contribution in [-0.2, 0) is 6.42 Å². The SMILES string of the molecule is Fc1ccc(S)c(CCCCCCCCCC(F)(F)F)c1. The predicted molar refractivity (Wildman–Crippen MR) is 80.3 cm³/mol. The molecule has 0 saturated carbocycles. The number of benzene rings is 1. The van der Waals surface area contributed by atoms with Crippen LogP contribution in [0.25, 0.3) is 0 Å². The number of hydrogen-bond acceptors (Lipinski definition) is 1. The van der Waals surface area contributed by atoms with E-state index in [0.29, 0.717) is 6.42 Å². The van der Waals surface area contributed by atoms with E-state index in [4.69, 9.17) is 0 Å². The van der Waals surface area contributed by atoms with Crippen LogP contribution in [0.2, 0.25) is 0 Å². The molecule has 1 rings (SSSR count). The fraction of sp³-hybridized carbons (Fsp3) is 0.625. The molecular weight excluding hydrogens is 300 g/mol. The Labute approximate surface area is 129 Å². The maximum Gasteiger partial charge on any atom is 0.389 e. The summed E-state index contributed by atoms with van der Waals surface area (Å²) in [6.07, 6.45) is 1.80. The van der Waals surface area contributed by atoms with Crippen molar-refractivity contribution in [3.8, 4) is 0 Å². The summed E-state index contributed by atoms with van der Waals surface area (Å²) in [6.45, 7) is 0. The van der Waals surface area contributed by atoms with E-state index in [1.165, 1.54) is 12.1 Å². The van der Waals surface area contributed by atoms with Crippen molar-refractivity contribution in [3.05, 3.63) is 29.6 Å². The quantitative estimate of drug-likeness (QED) is 0.306. The normalized spacial score (nSPS) is 11.9. The lowest BCUT2D eigenvalue weighted by Crippen LogP contribution is -2.06. The third kappa shape index (κ3) is 9.02.